The summed E-state index contributed by atoms with van der Waals surface area (Å²) in [5.74, 6) is -0.301. The number of halogens is 1. The van der Waals surface area contributed by atoms with Gasteiger partial charge in [0, 0.05) is 12.7 Å². The van der Waals surface area contributed by atoms with Crippen molar-refractivity contribution < 1.29 is 9.18 Å². The summed E-state index contributed by atoms with van der Waals surface area (Å²) in [5, 5.41) is 13.0. The molecule has 6 nitrogen and oxygen atoms in total. The number of fused-ring (bicyclic) bond motifs is 1. The number of hydrogen-bond acceptors (Lipinski definition) is 3. The van der Waals surface area contributed by atoms with Crippen molar-refractivity contribution in [2.75, 3.05) is 5.32 Å². The molecule has 0 saturated carbocycles. The zero-order valence-electron chi connectivity index (χ0n) is 11.0. The molecule has 0 fully saturated rings. The lowest BCUT2D eigenvalue weighted by atomic mass is 10.2. The highest BCUT2D eigenvalue weighted by Gasteiger charge is 2.03. The van der Waals surface area contributed by atoms with Gasteiger partial charge in [-0.1, -0.05) is 12.1 Å². The van der Waals surface area contributed by atoms with Gasteiger partial charge in [-0.05, 0) is 29.8 Å². The number of nitrogens with one attached hydrogen (secondary N) is 2. The Morgan fingerprint density at radius 2 is 2.00 bits per heavy atom. The number of rotatable bonds is 3. The van der Waals surface area contributed by atoms with Crippen LogP contribution in [0.1, 0.15) is 5.56 Å². The molecule has 0 spiro atoms. The van der Waals surface area contributed by atoms with Crippen molar-refractivity contribution >= 4 is 17.4 Å². The van der Waals surface area contributed by atoms with Gasteiger partial charge < -0.3 is 10.6 Å². The maximum atomic E-state index is 12.8. The molecule has 21 heavy (non-hydrogen) atoms. The van der Waals surface area contributed by atoms with Crippen molar-refractivity contribution in [3.63, 3.8) is 0 Å². The molecule has 0 aliphatic heterocycles. The van der Waals surface area contributed by atoms with Crippen LogP contribution >= 0.6 is 0 Å². The summed E-state index contributed by atoms with van der Waals surface area (Å²) in [5.41, 5.74) is 2.15. The number of carbonyl (C=O) groups excluding carboxylic acids is 1. The summed E-state index contributed by atoms with van der Waals surface area (Å²) in [4.78, 5) is 11.8. The van der Waals surface area contributed by atoms with E-state index >= 15 is 0 Å². The molecule has 7 heteroatoms. The van der Waals surface area contributed by atoms with Gasteiger partial charge in [0.1, 0.15) is 12.1 Å². The lowest BCUT2D eigenvalue weighted by molar-refractivity contribution is 0.251. The first-order valence-electron chi connectivity index (χ1n) is 6.29. The molecule has 3 aromatic rings. The highest BCUT2D eigenvalue weighted by Crippen LogP contribution is 2.08. The summed E-state index contributed by atoms with van der Waals surface area (Å²) in [7, 11) is 0. The molecule has 0 radical (unpaired) electrons. The van der Waals surface area contributed by atoms with E-state index in [1.54, 1.807) is 41.2 Å². The molecular weight excluding hydrogens is 273 g/mol. The van der Waals surface area contributed by atoms with E-state index < -0.39 is 0 Å². The molecule has 0 atom stereocenters. The van der Waals surface area contributed by atoms with Gasteiger partial charge >= 0.3 is 6.03 Å². The SMILES string of the molecule is O=C(NCc1ccc(F)cc1)Nc1ccc2nncn2c1. The highest BCUT2D eigenvalue weighted by molar-refractivity contribution is 5.89. The van der Waals surface area contributed by atoms with E-state index in [4.69, 9.17) is 0 Å². The zero-order valence-corrected chi connectivity index (χ0v) is 11.0. The lowest BCUT2D eigenvalue weighted by Crippen LogP contribution is -2.28. The second-order valence-corrected chi connectivity index (χ2v) is 4.45. The number of carbonyl (C=O) groups is 1. The molecule has 3 rings (SSSR count). The quantitative estimate of drug-likeness (QED) is 0.775. The molecule has 2 N–H and O–H groups in total. The van der Waals surface area contributed by atoms with Crippen LogP contribution in [0.3, 0.4) is 0 Å². The highest BCUT2D eigenvalue weighted by atomic mass is 19.1. The third kappa shape index (κ3) is 3.14. The summed E-state index contributed by atoms with van der Waals surface area (Å²) in [6, 6.07) is 9.11. The van der Waals surface area contributed by atoms with Crippen LogP contribution in [-0.4, -0.2) is 20.6 Å². The average molecular weight is 285 g/mol. The van der Waals surface area contributed by atoms with Crippen LogP contribution in [0.4, 0.5) is 14.9 Å². The number of benzene rings is 1. The average Bonchev–Trinajstić information content (AvgIpc) is 2.94. The lowest BCUT2D eigenvalue weighted by Gasteiger charge is -2.08. The smallest absolute Gasteiger partial charge is 0.319 e. The predicted molar refractivity (Wildman–Crippen MR) is 75.2 cm³/mol. The van der Waals surface area contributed by atoms with Crippen LogP contribution in [0.2, 0.25) is 0 Å². The van der Waals surface area contributed by atoms with Crippen LogP contribution in [0.5, 0.6) is 0 Å². The fourth-order valence-electron chi connectivity index (χ4n) is 1.86. The maximum Gasteiger partial charge on any atom is 0.319 e. The topological polar surface area (TPSA) is 71.3 Å². The minimum absolute atomic E-state index is 0.301. The summed E-state index contributed by atoms with van der Waals surface area (Å²) in [6.45, 7) is 0.320. The number of amides is 2. The first kappa shape index (κ1) is 13.0. The Morgan fingerprint density at radius 3 is 2.81 bits per heavy atom. The van der Waals surface area contributed by atoms with Crippen molar-refractivity contribution in [1.82, 2.24) is 19.9 Å². The number of urea groups is 1. The molecule has 0 unspecified atom stereocenters. The molecule has 2 amide bonds. The fourth-order valence-corrected chi connectivity index (χ4v) is 1.86. The monoisotopic (exact) mass is 285 g/mol. The van der Waals surface area contributed by atoms with Crippen molar-refractivity contribution in [2.45, 2.75) is 6.54 Å². The van der Waals surface area contributed by atoms with Gasteiger partial charge in [0.25, 0.3) is 0 Å². The van der Waals surface area contributed by atoms with Crippen LogP contribution < -0.4 is 10.6 Å². The third-order valence-corrected chi connectivity index (χ3v) is 2.92. The molecule has 2 heterocycles. The molecular formula is C14H12FN5O. The first-order valence-corrected chi connectivity index (χ1v) is 6.29. The summed E-state index contributed by atoms with van der Waals surface area (Å²) < 4.78 is 14.5. The van der Waals surface area contributed by atoms with Crippen LogP contribution in [0, 0.1) is 5.82 Å². The third-order valence-electron chi connectivity index (χ3n) is 2.92. The minimum Gasteiger partial charge on any atom is -0.334 e. The Hall–Kier alpha value is -2.96. The molecule has 2 aromatic heterocycles. The van der Waals surface area contributed by atoms with E-state index in [1.807, 2.05) is 0 Å². The van der Waals surface area contributed by atoms with Gasteiger partial charge in [0.15, 0.2) is 5.65 Å². The largest absolute Gasteiger partial charge is 0.334 e. The molecule has 0 bridgehead atoms. The Morgan fingerprint density at radius 1 is 1.19 bits per heavy atom. The van der Waals surface area contributed by atoms with Crippen LogP contribution in [0.25, 0.3) is 5.65 Å². The second-order valence-electron chi connectivity index (χ2n) is 4.45. The van der Waals surface area contributed by atoms with E-state index in [0.29, 0.717) is 17.9 Å². The normalized spacial score (nSPS) is 10.5. The van der Waals surface area contributed by atoms with Crippen LogP contribution in [-0.2, 0) is 6.54 Å². The van der Waals surface area contributed by atoms with E-state index in [2.05, 4.69) is 20.8 Å². The number of pyridine rings is 1. The standard InChI is InChI=1S/C14H12FN5O/c15-11-3-1-10(2-4-11)7-16-14(21)18-12-5-6-13-19-17-9-20(13)8-12/h1-6,8-9H,7H2,(H2,16,18,21). The number of nitrogens with zero attached hydrogens (tertiary/aromatic N) is 3. The van der Waals surface area contributed by atoms with Gasteiger partial charge in [-0.25, -0.2) is 9.18 Å². The van der Waals surface area contributed by atoms with Crippen LogP contribution in [0.15, 0.2) is 48.9 Å². The van der Waals surface area contributed by atoms with Gasteiger partial charge in [-0.3, -0.25) is 4.40 Å². The molecule has 0 aliphatic rings. The Kier molecular flexibility index (Phi) is 3.46. The Labute approximate surface area is 119 Å². The van der Waals surface area contributed by atoms with Crippen molar-refractivity contribution in [3.8, 4) is 0 Å². The molecule has 1 aromatic carbocycles. The first-order chi connectivity index (χ1) is 10.2. The Balaban J connectivity index is 1.59. The molecule has 106 valence electrons. The number of aromatic nitrogens is 3. The maximum absolute atomic E-state index is 12.8. The fraction of sp³-hybridized carbons (Fsp3) is 0.0714. The molecule has 0 saturated heterocycles. The van der Waals surface area contributed by atoms with E-state index in [-0.39, 0.29) is 11.8 Å². The van der Waals surface area contributed by atoms with Gasteiger partial charge in [0.05, 0.1) is 5.69 Å². The second kappa shape index (κ2) is 5.58. The van der Waals surface area contributed by atoms with E-state index in [0.717, 1.165) is 5.56 Å². The minimum atomic E-state index is -0.341. The van der Waals surface area contributed by atoms with E-state index in [1.165, 1.54) is 12.1 Å². The molecule has 0 aliphatic carbocycles. The zero-order chi connectivity index (χ0) is 14.7. The van der Waals surface area contributed by atoms with Crippen molar-refractivity contribution in [3.05, 3.63) is 60.3 Å². The predicted octanol–water partition coefficient (Wildman–Crippen LogP) is 2.19. The van der Waals surface area contributed by atoms with E-state index in [9.17, 15) is 9.18 Å². The Bertz CT molecular complexity index is 768. The summed E-state index contributed by atoms with van der Waals surface area (Å²) >= 11 is 0. The summed E-state index contributed by atoms with van der Waals surface area (Å²) in [6.07, 6.45) is 3.27. The van der Waals surface area contributed by atoms with Gasteiger partial charge in [0.2, 0.25) is 0 Å². The number of hydrogen-bond donors (Lipinski definition) is 2. The number of anilines is 1. The van der Waals surface area contributed by atoms with Gasteiger partial charge in [-0.15, -0.1) is 10.2 Å². The van der Waals surface area contributed by atoms with Gasteiger partial charge in [-0.2, -0.15) is 0 Å². The van der Waals surface area contributed by atoms with Crippen molar-refractivity contribution in [2.24, 2.45) is 0 Å². The van der Waals surface area contributed by atoms with Crippen molar-refractivity contribution in [1.29, 1.82) is 0 Å².